The summed E-state index contributed by atoms with van der Waals surface area (Å²) in [5.41, 5.74) is 0.700. The second kappa shape index (κ2) is 5.23. The number of hydrogen-bond donors (Lipinski definition) is 2. The summed E-state index contributed by atoms with van der Waals surface area (Å²) in [6.07, 6.45) is 0.0560. The third-order valence-corrected chi connectivity index (χ3v) is 5.83. The molecule has 0 atom stereocenters. The number of hydrogen-bond acceptors (Lipinski definition) is 6. The number of carboxylic acids is 1. The second-order valence-electron chi connectivity index (χ2n) is 3.80. The molecule has 1 fully saturated rings. The summed E-state index contributed by atoms with van der Waals surface area (Å²) in [5.74, 6) is -1.61. The Hall–Kier alpha value is -1.52. The first kappa shape index (κ1) is 13.9. The molecule has 1 amide bonds. The number of carboxylic acid groups (broad SMARTS) is 1. The van der Waals surface area contributed by atoms with E-state index in [0.29, 0.717) is 0 Å². The summed E-state index contributed by atoms with van der Waals surface area (Å²) >= 11 is 0.759. The van der Waals surface area contributed by atoms with Gasteiger partial charge in [0.05, 0.1) is 5.51 Å². The van der Waals surface area contributed by atoms with Crippen LogP contribution in [0.25, 0.3) is 0 Å². The number of aromatic carboxylic acids is 1. The van der Waals surface area contributed by atoms with Gasteiger partial charge in [-0.3, -0.25) is 4.79 Å². The molecule has 8 nitrogen and oxygen atoms in total. The molecule has 2 N–H and O–H groups in total. The first-order valence-electron chi connectivity index (χ1n) is 5.36. The van der Waals surface area contributed by atoms with Crippen LogP contribution in [0.15, 0.2) is 9.72 Å². The van der Waals surface area contributed by atoms with Gasteiger partial charge in [-0.2, -0.15) is 4.31 Å². The standard InChI is InChI=1S/C9H11N3O5S2/c13-6-1-3-12(4-2-10-6)19(16,17)9-7(8(14)15)11-5-18-9/h5H,1-4H2,(H,10,13)(H,14,15). The molecule has 0 unspecified atom stereocenters. The van der Waals surface area contributed by atoms with Crippen LogP contribution in [0.3, 0.4) is 0 Å². The predicted octanol–water partition coefficient (Wildman–Crippen LogP) is -0.648. The maximum Gasteiger partial charge on any atom is 0.356 e. The molecule has 10 heteroatoms. The average Bonchev–Trinajstić information content (AvgIpc) is 2.73. The quantitative estimate of drug-likeness (QED) is 0.766. The number of sulfonamides is 1. The average molecular weight is 305 g/mol. The minimum absolute atomic E-state index is 0.0329. The van der Waals surface area contributed by atoms with Crippen molar-refractivity contribution in [3.05, 3.63) is 11.2 Å². The van der Waals surface area contributed by atoms with E-state index < -0.39 is 21.7 Å². The molecular weight excluding hydrogens is 294 g/mol. The highest BCUT2D eigenvalue weighted by molar-refractivity contribution is 7.91. The minimum atomic E-state index is -3.92. The molecule has 19 heavy (non-hydrogen) atoms. The van der Waals surface area contributed by atoms with Gasteiger partial charge in [-0.05, 0) is 0 Å². The van der Waals surface area contributed by atoms with E-state index in [1.54, 1.807) is 0 Å². The van der Waals surface area contributed by atoms with Crippen molar-refractivity contribution in [1.82, 2.24) is 14.6 Å². The van der Waals surface area contributed by atoms with E-state index in [0.717, 1.165) is 15.6 Å². The van der Waals surface area contributed by atoms with Gasteiger partial charge < -0.3 is 10.4 Å². The molecule has 0 saturated carbocycles. The first-order chi connectivity index (χ1) is 8.93. The predicted molar refractivity (Wildman–Crippen MR) is 65.5 cm³/mol. The zero-order chi connectivity index (χ0) is 14.0. The Morgan fingerprint density at radius 3 is 2.89 bits per heavy atom. The van der Waals surface area contributed by atoms with Gasteiger partial charge in [-0.25, -0.2) is 18.2 Å². The van der Waals surface area contributed by atoms with Crippen LogP contribution >= 0.6 is 11.3 Å². The maximum atomic E-state index is 12.3. The molecule has 0 bridgehead atoms. The Bertz CT molecular complexity index is 609. The fraction of sp³-hybridized carbons (Fsp3) is 0.444. The number of carbonyl (C=O) groups is 2. The van der Waals surface area contributed by atoms with Gasteiger partial charge in [0.2, 0.25) is 5.91 Å². The van der Waals surface area contributed by atoms with Crippen molar-refractivity contribution < 1.29 is 23.1 Å². The molecule has 2 heterocycles. The van der Waals surface area contributed by atoms with Crippen LogP contribution in [0.1, 0.15) is 16.9 Å². The van der Waals surface area contributed by atoms with Crippen LogP contribution in [0, 0.1) is 0 Å². The van der Waals surface area contributed by atoms with E-state index in [9.17, 15) is 18.0 Å². The van der Waals surface area contributed by atoms with Crippen LogP contribution in [0.4, 0.5) is 0 Å². The minimum Gasteiger partial charge on any atom is -0.476 e. The lowest BCUT2D eigenvalue weighted by Crippen LogP contribution is -2.34. The summed E-state index contributed by atoms with van der Waals surface area (Å²) in [7, 11) is -3.92. The van der Waals surface area contributed by atoms with Gasteiger partial charge in [0.25, 0.3) is 10.0 Å². The molecule has 1 aromatic heterocycles. The third-order valence-electron chi connectivity index (χ3n) is 2.58. The Morgan fingerprint density at radius 1 is 1.47 bits per heavy atom. The number of nitrogens with zero attached hydrogens (tertiary/aromatic N) is 2. The molecule has 0 spiro atoms. The van der Waals surface area contributed by atoms with Crippen LogP contribution in [-0.2, 0) is 14.8 Å². The lowest BCUT2D eigenvalue weighted by atomic mass is 10.4. The largest absolute Gasteiger partial charge is 0.476 e. The fourth-order valence-electron chi connectivity index (χ4n) is 1.67. The Kier molecular flexibility index (Phi) is 3.83. The van der Waals surface area contributed by atoms with Gasteiger partial charge in [0, 0.05) is 26.1 Å². The van der Waals surface area contributed by atoms with Crippen LogP contribution < -0.4 is 5.32 Å². The molecule has 0 aliphatic carbocycles. The highest BCUT2D eigenvalue weighted by Gasteiger charge is 2.32. The summed E-state index contributed by atoms with van der Waals surface area (Å²) in [4.78, 5) is 25.7. The number of aromatic nitrogens is 1. The maximum absolute atomic E-state index is 12.3. The molecule has 1 saturated heterocycles. The smallest absolute Gasteiger partial charge is 0.356 e. The number of thiazole rings is 1. The van der Waals surface area contributed by atoms with Crippen molar-refractivity contribution in [2.24, 2.45) is 0 Å². The molecule has 1 aliphatic rings. The highest BCUT2D eigenvalue weighted by atomic mass is 32.2. The van der Waals surface area contributed by atoms with Crippen LogP contribution in [0.2, 0.25) is 0 Å². The molecule has 104 valence electrons. The lowest BCUT2D eigenvalue weighted by Gasteiger charge is -2.18. The molecule has 1 aromatic rings. The zero-order valence-corrected chi connectivity index (χ0v) is 11.3. The number of nitrogens with one attached hydrogen (secondary N) is 1. The summed E-state index contributed by atoms with van der Waals surface area (Å²) in [6.45, 7) is 0.357. The van der Waals surface area contributed by atoms with Crippen molar-refractivity contribution in [2.45, 2.75) is 10.6 Å². The van der Waals surface area contributed by atoms with Crippen LogP contribution in [0.5, 0.6) is 0 Å². The van der Waals surface area contributed by atoms with Crippen molar-refractivity contribution in [1.29, 1.82) is 0 Å². The molecule has 0 radical (unpaired) electrons. The molecule has 0 aromatic carbocycles. The second-order valence-corrected chi connectivity index (χ2v) is 6.79. The SMILES string of the molecule is O=C1CCN(S(=O)(=O)c2scnc2C(=O)O)CCN1. The van der Waals surface area contributed by atoms with Crippen molar-refractivity contribution in [2.75, 3.05) is 19.6 Å². The summed E-state index contributed by atoms with van der Waals surface area (Å²) < 4.78 is 25.5. The van der Waals surface area contributed by atoms with Gasteiger partial charge >= 0.3 is 5.97 Å². The lowest BCUT2D eigenvalue weighted by molar-refractivity contribution is -0.120. The monoisotopic (exact) mass is 305 g/mol. The van der Waals surface area contributed by atoms with E-state index in [1.807, 2.05) is 0 Å². The zero-order valence-electron chi connectivity index (χ0n) is 9.70. The number of rotatable bonds is 3. The fourth-order valence-corrected chi connectivity index (χ4v) is 4.38. The van der Waals surface area contributed by atoms with Gasteiger partial charge in [0.1, 0.15) is 0 Å². The molecule has 1 aliphatic heterocycles. The van der Waals surface area contributed by atoms with E-state index >= 15 is 0 Å². The van der Waals surface area contributed by atoms with Gasteiger partial charge in [-0.1, -0.05) is 0 Å². The first-order valence-corrected chi connectivity index (χ1v) is 7.68. The van der Waals surface area contributed by atoms with Gasteiger partial charge in [-0.15, -0.1) is 11.3 Å². The van der Waals surface area contributed by atoms with Crippen molar-refractivity contribution in [3.8, 4) is 0 Å². The summed E-state index contributed by atoms with van der Waals surface area (Å²) in [6, 6.07) is 0. The summed E-state index contributed by atoms with van der Waals surface area (Å²) in [5, 5.41) is 11.5. The normalized spacial score (nSPS) is 17.8. The van der Waals surface area contributed by atoms with E-state index in [4.69, 9.17) is 5.11 Å². The van der Waals surface area contributed by atoms with E-state index in [2.05, 4.69) is 10.3 Å². The van der Waals surface area contributed by atoms with Crippen molar-refractivity contribution >= 4 is 33.2 Å². The highest BCUT2D eigenvalue weighted by Crippen LogP contribution is 2.24. The third kappa shape index (κ3) is 2.74. The number of amides is 1. The van der Waals surface area contributed by atoms with Gasteiger partial charge in [0.15, 0.2) is 9.90 Å². The topological polar surface area (TPSA) is 117 Å². The Morgan fingerprint density at radius 2 is 2.21 bits per heavy atom. The van der Waals surface area contributed by atoms with Crippen molar-refractivity contribution in [3.63, 3.8) is 0 Å². The molecular formula is C9H11N3O5S2. The Balaban J connectivity index is 2.34. The number of carbonyl (C=O) groups excluding carboxylic acids is 1. The van der Waals surface area contributed by atoms with E-state index in [1.165, 1.54) is 5.51 Å². The van der Waals surface area contributed by atoms with E-state index in [-0.39, 0.29) is 36.2 Å². The van der Waals surface area contributed by atoms with Crippen LogP contribution in [-0.4, -0.2) is 54.3 Å². The molecule has 2 rings (SSSR count). The Labute approximate surface area is 113 Å².